The Morgan fingerprint density at radius 1 is 0.900 bits per heavy atom. The van der Waals surface area contributed by atoms with Gasteiger partial charge in [0.25, 0.3) is 5.67 Å². The Balaban J connectivity index is 2.10. The van der Waals surface area contributed by atoms with E-state index < -0.39 is 23.2 Å². The van der Waals surface area contributed by atoms with Crippen LogP contribution in [0.3, 0.4) is 0 Å². The SMILES string of the molecule is COC(=O)[C@@]1(F)[C@@H](c2ccccc2)C(c2ccccc2)=C(C)[C@]1(O)c1ccccc1. The van der Waals surface area contributed by atoms with Gasteiger partial charge in [0, 0.05) is 0 Å². The number of aliphatic hydroxyl groups is 1. The average Bonchev–Trinajstić information content (AvgIpc) is 3.00. The fourth-order valence-electron chi connectivity index (χ4n) is 4.65. The van der Waals surface area contributed by atoms with E-state index in [9.17, 15) is 9.90 Å². The lowest BCUT2D eigenvalue weighted by atomic mass is 9.72. The predicted molar refractivity (Wildman–Crippen MR) is 114 cm³/mol. The molecule has 0 spiro atoms. The number of hydrogen-bond acceptors (Lipinski definition) is 3. The molecule has 0 amide bonds. The summed E-state index contributed by atoms with van der Waals surface area (Å²) in [4.78, 5) is 13.0. The van der Waals surface area contributed by atoms with E-state index in [0.29, 0.717) is 22.3 Å². The Morgan fingerprint density at radius 2 is 1.40 bits per heavy atom. The molecule has 0 fully saturated rings. The molecule has 152 valence electrons. The zero-order valence-corrected chi connectivity index (χ0v) is 16.9. The molecule has 0 heterocycles. The van der Waals surface area contributed by atoms with Gasteiger partial charge in [0.15, 0.2) is 5.60 Å². The van der Waals surface area contributed by atoms with Crippen LogP contribution >= 0.6 is 0 Å². The summed E-state index contributed by atoms with van der Waals surface area (Å²) in [5, 5.41) is 12.0. The summed E-state index contributed by atoms with van der Waals surface area (Å²) in [7, 11) is 1.15. The van der Waals surface area contributed by atoms with Crippen molar-refractivity contribution in [1.82, 2.24) is 0 Å². The number of benzene rings is 3. The van der Waals surface area contributed by atoms with Gasteiger partial charge in [-0.2, -0.15) is 0 Å². The van der Waals surface area contributed by atoms with E-state index >= 15 is 4.39 Å². The van der Waals surface area contributed by atoms with Crippen molar-refractivity contribution in [3.8, 4) is 0 Å². The maximum Gasteiger partial charge on any atom is 0.348 e. The van der Waals surface area contributed by atoms with E-state index in [2.05, 4.69) is 0 Å². The number of methoxy groups -OCH3 is 1. The van der Waals surface area contributed by atoms with E-state index in [1.54, 1.807) is 61.5 Å². The standard InChI is InChI=1S/C26H23FO3/c1-18-22(19-12-6-3-7-13-19)23(20-14-8-4-9-15-20)25(27,24(28)30-2)26(18,29)21-16-10-5-11-17-21/h3-17,23,29H,1-2H3/t23-,25-,26-/m0/s1. The highest BCUT2D eigenvalue weighted by atomic mass is 19.1. The summed E-state index contributed by atoms with van der Waals surface area (Å²) < 4.78 is 22.1. The van der Waals surface area contributed by atoms with Crippen LogP contribution in [-0.2, 0) is 15.1 Å². The van der Waals surface area contributed by atoms with Crippen molar-refractivity contribution >= 4 is 11.5 Å². The van der Waals surface area contributed by atoms with Crippen molar-refractivity contribution in [3.05, 3.63) is 113 Å². The van der Waals surface area contributed by atoms with Crippen LogP contribution in [0.4, 0.5) is 4.39 Å². The van der Waals surface area contributed by atoms with Crippen molar-refractivity contribution in [2.75, 3.05) is 7.11 Å². The second-order valence-corrected chi connectivity index (χ2v) is 7.53. The number of carbonyl (C=O) groups excluding carboxylic acids is 1. The van der Waals surface area contributed by atoms with Crippen LogP contribution in [0, 0.1) is 0 Å². The van der Waals surface area contributed by atoms with E-state index in [4.69, 9.17) is 4.74 Å². The molecule has 3 aromatic rings. The molecule has 0 saturated carbocycles. The predicted octanol–water partition coefficient (Wildman–Crippen LogP) is 5.03. The number of hydrogen-bond donors (Lipinski definition) is 1. The van der Waals surface area contributed by atoms with Crippen molar-refractivity contribution in [1.29, 1.82) is 0 Å². The van der Waals surface area contributed by atoms with Crippen molar-refractivity contribution in [2.45, 2.75) is 24.1 Å². The molecule has 4 heteroatoms. The molecular weight excluding hydrogens is 379 g/mol. The molecule has 0 radical (unpaired) electrons. The van der Waals surface area contributed by atoms with Gasteiger partial charge in [-0.05, 0) is 34.8 Å². The molecule has 30 heavy (non-hydrogen) atoms. The van der Waals surface area contributed by atoms with E-state index in [-0.39, 0.29) is 0 Å². The smallest absolute Gasteiger partial charge is 0.348 e. The number of ether oxygens (including phenoxy) is 1. The zero-order valence-electron chi connectivity index (χ0n) is 16.9. The van der Waals surface area contributed by atoms with Crippen LogP contribution in [0.15, 0.2) is 96.6 Å². The van der Waals surface area contributed by atoms with E-state index in [0.717, 1.165) is 12.7 Å². The molecule has 0 bridgehead atoms. The molecule has 0 aromatic heterocycles. The number of esters is 1. The number of allylic oxidation sites excluding steroid dienone is 1. The lowest BCUT2D eigenvalue weighted by Gasteiger charge is -2.39. The zero-order chi connectivity index (χ0) is 21.4. The minimum atomic E-state index is -2.75. The minimum absolute atomic E-state index is 0.308. The Labute approximate surface area is 175 Å². The summed E-state index contributed by atoms with van der Waals surface area (Å²) in [5.74, 6) is -2.15. The largest absolute Gasteiger partial charge is 0.467 e. The topological polar surface area (TPSA) is 46.5 Å². The van der Waals surface area contributed by atoms with Crippen LogP contribution in [0.5, 0.6) is 0 Å². The van der Waals surface area contributed by atoms with Crippen LogP contribution in [-0.4, -0.2) is 23.9 Å². The molecule has 3 aromatic carbocycles. The third-order valence-corrected chi connectivity index (χ3v) is 6.05. The number of halogens is 1. The maximum atomic E-state index is 17.2. The Bertz CT molecular complexity index is 1080. The second-order valence-electron chi connectivity index (χ2n) is 7.53. The summed E-state index contributed by atoms with van der Waals surface area (Å²) >= 11 is 0. The first-order valence-corrected chi connectivity index (χ1v) is 9.83. The molecule has 1 aliphatic carbocycles. The highest BCUT2D eigenvalue weighted by molar-refractivity contribution is 5.95. The van der Waals surface area contributed by atoms with Crippen molar-refractivity contribution in [3.63, 3.8) is 0 Å². The average molecular weight is 402 g/mol. The highest BCUT2D eigenvalue weighted by Gasteiger charge is 2.70. The molecule has 3 atom stereocenters. The molecule has 0 aliphatic heterocycles. The third kappa shape index (κ3) is 2.71. The number of alkyl halides is 1. The normalized spacial score (nSPS) is 25.9. The summed E-state index contributed by atoms with van der Waals surface area (Å²) in [6.45, 7) is 1.69. The maximum absolute atomic E-state index is 17.2. The van der Waals surface area contributed by atoms with Crippen LogP contribution in [0.2, 0.25) is 0 Å². The third-order valence-electron chi connectivity index (χ3n) is 6.05. The van der Waals surface area contributed by atoms with E-state index in [1.807, 2.05) is 36.4 Å². The fourth-order valence-corrected chi connectivity index (χ4v) is 4.65. The van der Waals surface area contributed by atoms with Crippen LogP contribution in [0.1, 0.15) is 29.5 Å². The fraction of sp³-hybridized carbons (Fsp3) is 0.192. The van der Waals surface area contributed by atoms with Gasteiger partial charge in [0.05, 0.1) is 13.0 Å². The Kier molecular flexibility index (Phi) is 5.04. The number of rotatable bonds is 4. The molecule has 4 rings (SSSR count). The first-order chi connectivity index (χ1) is 14.5. The summed E-state index contributed by atoms with van der Waals surface area (Å²) in [6.07, 6.45) is 0. The first-order valence-electron chi connectivity index (χ1n) is 9.83. The Morgan fingerprint density at radius 3 is 1.93 bits per heavy atom. The first kappa shape index (κ1) is 20.0. The van der Waals surface area contributed by atoms with Gasteiger partial charge in [-0.1, -0.05) is 91.0 Å². The van der Waals surface area contributed by atoms with Crippen molar-refractivity contribution in [2.24, 2.45) is 0 Å². The number of carbonyl (C=O) groups is 1. The molecule has 1 aliphatic rings. The summed E-state index contributed by atoms with van der Waals surface area (Å²) in [5.41, 5.74) is -2.31. The lowest BCUT2D eigenvalue weighted by molar-refractivity contribution is -0.173. The van der Waals surface area contributed by atoms with Crippen LogP contribution < -0.4 is 0 Å². The van der Waals surface area contributed by atoms with Crippen LogP contribution in [0.25, 0.3) is 5.57 Å². The molecule has 0 saturated heterocycles. The van der Waals surface area contributed by atoms with Gasteiger partial charge >= 0.3 is 5.97 Å². The highest BCUT2D eigenvalue weighted by Crippen LogP contribution is 2.62. The molecular formula is C26H23FO3. The van der Waals surface area contributed by atoms with Crippen molar-refractivity contribution < 1.29 is 19.0 Å². The monoisotopic (exact) mass is 402 g/mol. The second kappa shape index (κ2) is 7.54. The molecule has 1 N–H and O–H groups in total. The molecule has 3 nitrogen and oxygen atoms in total. The Hall–Kier alpha value is -3.24. The van der Waals surface area contributed by atoms with E-state index in [1.165, 1.54) is 0 Å². The van der Waals surface area contributed by atoms with Gasteiger partial charge in [0.1, 0.15) is 0 Å². The minimum Gasteiger partial charge on any atom is -0.467 e. The van der Waals surface area contributed by atoms with Gasteiger partial charge < -0.3 is 9.84 Å². The molecule has 0 unspecified atom stereocenters. The van der Waals surface area contributed by atoms with Gasteiger partial charge in [-0.3, -0.25) is 0 Å². The van der Waals surface area contributed by atoms with Gasteiger partial charge in [0.2, 0.25) is 0 Å². The van der Waals surface area contributed by atoms with Gasteiger partial charge in [-0.25, -0.2) is 9.18 Å². The van der Waals surface area contributed by atoms with Gasteiger partial charge in [-0.15, -0.1) is 0 Å². The lowest BCUT2D eigenvalue weighted by Crippen LogP contribution is -2.55. The summed E-state index contributed by atoms with van der Waals surface area (Å²) in [6, 6.07) is 26.8. The quantitative estimate of drug-likeness (QED) is 0.623.